The summed E-state index contributed by atoms with van der Waals surface area (Å²) >= 11 is 0. The molecule has 1 aliphatic rings. The molecule has 10 heteroatoms. The van der Waals surface area contributed by atoms with Gasteiger partial charge in [-0.25, -0.2) is 9.18 Å². The molecule has 126 valence electrons. The smallest absolute Gasteiger partial charge is 0.330 e. The second-order valence-electron chi connectivity index (χ2n) is 4.90. The SMILES string of the molecule is CC(=O)OC[C@H]1O[C@@H](n2ccc(=O)[nH]c2=O)[C@H](F)[C@H]1OC(C)=O. The molecule has 9 nitrogen and oxygen atoms in total. The molecule has 2 heterocycles. The van der Waals surface area contributed by atoms with Crippen LogP contribution in [0.2, 0.25) is 0 Å². The van der Waals surface area contributed by atoms with Gasteiger partial charge in [-0.1, -0.05) is 0 Å². The number of rotatable bonds is 4. The van der Waals surface area contributed by atoms with Gasteiger partial charge in [0.2, 0.25) is 0 Å². The quantitative estimate of drug-likeness (QED) is 0.723. The van der Waals surface area contributed by atoms with E-state index < -0.39 is 47.8 Å². The molecule has 4 atom stereocenters. The van der Waals surface area contributed by atoms with E-state index in [-0.39, 0.29) is 6.61 Å². The van der Waals surface area contributed by atoms with Crippen molar-refractivity contribution in [1.82, 2.24) is 9.55 Å². The van der Waals surface area contributed by atoms with Crippen molar-refractivity contribution < 1.29 is 28.2 Å². The first kappa shape index (κ1) is 16.9. The zero-order chi connectivity index (χ0) is 17.1. The molecule has 0 saturated carbocycles. The van der Waals surface area contributed by atoms with Gasteiger partial charge in [0.05, 0.1) is 0 Å². The lowest BCUT2D eigenvalue weighted by atomic mass is 10.1. The number of carbonyl (C=O) groups is 2. The van der Waals surface area contributed by atoms with E-state index in [1.165, 1.54) is 0 Å². The van der Waals surface area contributed by atoms with Crippen LogP contribution in [0.25, 0.3) is 0 Å². The topological polar surface area (TPSA) is 117 Å². The Kier molecular flexibility index (Phi) is 4.94. The molecule has 0 bridgehead atoms. The normalized spacial score (nSPS) is 26.7. The molecule has 1 aromatic rings. The molecular weight excluding hydrogens is 315 g/mol. The van der Waals surface area contributed by atoms with Crippen molar-refractivity contribution in [1.29, 1.82) is 0 Å². The zero-order valence-electron chi connectivity index (χ0n) is 12.4. The van der Waals surface area contributed by atoms with Crippen molar-refractivity contribution in [2.75, 3.05) is 6.61 Å². The van der Waals surface area contributed by atoms with Gasteiger partial charge in [-0.3, -0.25) is 23.9 Å². The first-order valence-corrected chi connectivity index (χ1v) is 6.71. The molecule has 0 aromatic carbocycles. The predicted octanol–water partition coefficient (Wildman–Crippen LogP) is -0.733. The number of H-pyrrole nitrogens is 1. The second-order valence-corrected chi connectivity index (χ2v) is 4.90. The van der Waals surface area contributed by atoms with Crippen LogP contribution in [-0.4, -0.2) is 46.5 Å². The highest BCUT2D eigenvalue weighted by Gasteiger charge is 2.49. The third kappa shape index (κ3) is 3.83. The van der Waals surface area contributed by atoms with Gasteiger partial charge in [-0.05, 0) is 0 Å². The Hall–Kier alpha value is -2.49. The van der Waals surface area contributed by atoms with E-state index in [2.05, 4.69) is 0 Å². The van der Waals surface area contributed by atoms with Crippen molar-refractivity contribution in [3.63, 3.8) is 0 Å². The van der Waals surface area contributed by atoms with Crippen LogP contribution in [0, 0.1) is 0 Å². The lowest BCUT2D eigenvalue weighted by Gasteiger charge is -2.18. The van der Waals surface area contributed by atoms with Crippen LogP contribution < -0.4 is 11.2 Å². The fourth-order valence-electron chi connectivity index (χ4n) is 2.21. The average Bonchev–Trinajstić information content (AvgIpc) is 2.73. The Morgan fingerprint density at radius 2 is 2.04 bits per heavy atom. The van der Waals surface area contributed by atoms with Crippen LogP contribution in [0.1, 0.15) is 20.1 Å². The molecule has 1 N–H and O–H groups in total. The molecule has 1 aliphatic heterocycles. The number of aromatic amines is 1. The third-order valence-electron chi connectivity index (χ3n) is 3.15. The Morgan fingerprint density at radius 1 is 1.35 bits per heavy atom. The Labute approximate surface area is 129 Å². The maximum atomic E-state index is 14.6. The standard InChI is InChI=1S/C13H15FN2O7/c1-6(17)21-5-8-11(22-7(2)18)10(14)12(23-8)16-4-3-9(19)15-13(16)20/h3-4,8,10-12H,5H2,1-2H3,(H,15,19,20)/t8-,10-,11+,12-/m1/s1. The number of esters is 2. The second kappa shape index (κ2) is 6.73. The first-order chi connectivity index (χ1) is 10.8. The molecular formula is C13H15FN2O7. The van der Waals surface area contributed by atoms with Crippen LogP contribution in [0.3, 0.4) is 0 Å². The highest BCUT2D eigenvalue weighted by Crippen LogP contribution is 2.33. The first-order valence-electron chi connectivity index (χ1n) is 6.71. The fraction of sp³-hybridized carbons (Fsp3) is 0.538. The van der Waals surface area contributed by atoms with Gasteiger partial charge in [0.25, 0.3) is 5.56 Å². The summed E-state index contributed by atoms with van der Waals surface area (Å²) in [6, 6.07) is 1.03. The van der Waals surface area contributed by atoms with Gasteiger partial charge in [0, 0.05) is 26.1 Å². The number of halogens is 1. The summed E-state index contributed by atoms with van der Waals surface area (Å²) in [4.78, 5) is 46.8. The van der Waals surface area contributed by atoms with Gasteiger partial charge in [-0.2, -0.15) is 0 Å². The number of nitrogens with zero attached hydrogens (tertiary/aromatic N) is 1. The number of ether oxygens (including phenoxy) is 3. The molecule has 0 amide bonds. The molecule has 0 unspecified atom stereocenters. The van der Waals surface area contributed by atoms with E-state index in [4.69, 9.17) is 14.2 Å². The largest absolute Gasteiger partial charge is 0.463 e. The maximum absolute atomic E-state index is 14.6. The van der Waals surface area contributed by atoms with Crippen LogP contribution in [-0.2, 0) is 23.8 Å². The zero-order valence-corrected chi connectivity index (χ0v) is 12.4. The number of nitrogens with one attached hydrogen (secondary N) is 1. The van der Waals surface area contributed by atoms with E-state index >= 15 is 0 Å². The summed E-state index contributed by atoms with van der Waals surface area (Å²) in [7, 11) is 0. The van der Waals surface area contributed by atoms with Gasteiger partial charge >= 0.3 is 17.6 Å². The third-order valence-corrected chi connectivity index (χ3v) is 3.15. The number of alkyl halides is 1. The number of carbonyl (C=O) groups excluding carboxylic acids is 2. The van der Waals surface area contributed by atoms with Gasteiger partial charge < -0.3 is 14.2 Å². The van der Waals surface area contributed by atoms with E-state index in [1.54, 1.807) is 0 Å². The molecule has 2 rings (SSSR count). The van der Waals surface area contributed by atoms with Crippen molar-refractivity contribution in [3.8, 4) is 0 Å². The minimum atomic E-state index is -1.89. The molecule has 0 radical (unpaired) electrons. The minimum absolute atomic E-state index is 0.345. The van der Waals surface area contributed by atoms with Crippen LogP contribution in [0.15, 0.2) is 21.9 Å². The lowest BCUT2D eigenvalue weighted by molar-refractivity contribution is -0.156. The van der Waals surface area contributed by atoms with Crippen LogP contribution >= 0.6 is 0 Å². The lowest BCUT2D eigenvalue weighted by Crippen LogP contribution is -2.37. The Morgan fingerprint density at radius 3 is 2.61 bits per heavy atom. The van der Waals surface area contributed by atoms with Gasteiger partial charge in [-0.15, -0.1) is 0 Å². The average molecular weight is 330 g/mol. The van der Waals surface area contributed by atoms with Crippen LogP contribution in [0.5, 0.6) is 0 Å². The highest BCUT2D eigenvalue weighted by atomic mass is 19.1. The van der Waals surface area contributed by atoms with E-state index in [9.17, 15) is 23.6 Å². The highest BCUT2D eigenvalue weighted by molar-refractivity contribution is 5.66. The summed E-state index contributed by atoms with van der Waals surface area (Å²) in [5.74, 6) is -1.36. The van der Waals surface area contributed by atoms with E-state index in [1.807, 2.05) is 4.98 Å². The monoisotopic (exact) mass is 330 g/mol. The molecule has 0 spiro atoms. The molecule has 0 aliphatic carbocycles. The fourth-order valence-corrected chi connectivity index (χ4v) is 2.21. The van der Waals surface area contributed by atoms with Crippen molar-refractivity contribution >= 4 is 11.9 Å². The van der Waals surface area contributed by atoms with Crippen molar-refractivity contribution in [2.24, 2.45) is 0 Å². The van der Waals surface area contributed by atoms with Gasteiger partial charge in [0.1, 0.15) is 12.7 Å². The molecule has 23 heavy (non-hydrogen) atoms. The maximum Gasteiger partial charge on any atom is 0.330 e. The summed E-state index contributed by atoms with van der Waals surface area (Å²) < 4.78 is 30.4. The van der Waals surface area contributed by atoms with E-state index in [0.29, 0.717) is 0 Å². The Bertz CT molecular complexity index is 713. The summed E-state index contributed by atoms with van der Waals surface area (Å²) in [6.45, 7) is 1.91. The number of hydrogen-bond acceptors (Lipinski definition) is 7. The summed E-state index contributed by atoms with van der Waals surface area (Å²) in [5.41, 5.74) is -1.52. The molecule has 1 fully saturated rings. The summed E-state index contributed by atoms with van der Waals surface area (Å²) in [6.07, 6.45) is -4.68. The number of aromatic nitrogens is 2. The predicted molar refractivity (Wildman–Crippen MR) is 72.3 cm³/mol. The van der Waals surface area contributed by atoms with Gasteiger partial charge in [0.15, 0.2) is 18.5 Å². The van der Waals surface area contributed by atoms with Crippen molar-refractivity contribution in [2.45, 2.75) is 38.5 Å². The summed E-state index contributed by atoms with van der Waals surface area (Å²) in [5, 5.41) is 0. The minimum Gasteiger partial charge on any atom is -0.463 e. The molecule has 1 saturated heterocycles. The van der Waals surface area contributed by atoms with Crippen LogP contribution in [0.4, 0.5) is 4.39 Å². The van der Waals surface area contributed by atoms with Crippen molar-refractivity contribution in [3.05, 3.63) is 33.1 Å². The van der Waals surface area contributed by atoms with E-state index in [0.717, 1.165) is 30.7 Å². The molecule has 1 aromatic heterocycles. The Balaban J connectivity index is 2.27. The number of hydrogen-bond donors (Lipinski definition) is 1.